The third-order valence-corrected chi connectivity index (χ3v) is 1.65. The van der Waals surface area contributed by atoms with Gasteiger partial charge in [0.2, 0.25) is 5.39 Å². The second-order valence-corrected chi connectivity index (χ2v) is 2.35. The lowest BCUT2D eigenvalue weighted by molar-refractivity contribution is 0.349. The zero-order valence-corrected chi connectivity index (χ0v) is 6.06. The summed E-state index contributed by atoms with van der Waals surface area (Å²) in [6.07, 6.45) is 0. The van der Waals surface area contributed by atoms with E-state index in [0.29, 0.717) is 11.0 Å². The monoisotopic (exact) mass is 161 g/mol. The number of diazo groups is 1. The fourth-order valence-electron chi connectivity index (χ4n) is 1.12. The van der Waals surface area contributed by atoms with Crippen molar-refractivity contribution in [3.8, 4) is 5.95 Å². The van der Waals surface area contributed by atoms with Crippen LogP contribution in [0.15, 0.2) is 28.7 Å². The van der Waals surface area contributed by atoms with Crippen LogP contribution >= 0.6 is 0 Å². The normalized spacial score (nSPS) is 9.92. The molecule has 0 saturated heterocycles. The Morgan fingerprint density at radius 3 is 2.83 bits per heavy atom. The number of hydrogen-bond donors (Lipinski definition) is 1. The Kier molecular flexibility index (Phi) is 1.25. The highest BCUT2D eigenvalue weighted by Gasteiger charge is 2.23. The summed E-state index contributed by atoms with van der Waals surface area (Å²) in [5.41, 5.74) is 0.577. The summed E-state index contributed by atoms with van der Waals surface area (Å²) in [6.45, 7) is 0. The first-order valence-corrected chi connectivity index (χ1v) is 3.38. The summed E-state index contributed by atoms with van der Waals surface area (Å²) >= 11 is 0. The van der Waals surface area contributed by atoms with E-state index < -0.39 is 0 Å². The fraction of sp³-hybridized carbons (Fsp3) is 0. The minimum absolute atomic E-state index is 0.0746. The maximum absolute atomic E-state index is 9.11. The quantitative estimate of drug-likeness (QED) is 0.604. The summed E-state index contributed by atoms with van der Waals surface area (Å²) < 4.78 is 4.89. The molecule has 2 rings (SSSR count). The summed E-state index contributed by atoms with van der Waals surface area (Å²) in [5, 5.41) is 18.2. The van der Waals surface area contributed by atoms with Crippen LogP contribution in [-0.2, 0) is 0 Å². The summed E-state index contributed by atoms with van der Waals surface area (Å²) in [7, 11) is 0. The van der Waals surface area contributed by atoms with Crippen molar-refractivity contribution in [2.45, 2.75) is 0 Å². The van der Waals surface area contributed by atoms with Crippen LogP contribution in [0.25, 0.3) is 15.9 Å². The Hall–Kier alpha value is -2.02. The van der Waals surface area contributed by atoms with Gasteiger partial charge in [-0.15, -0.1) is 0 Å². The number of aromatic hydroxyl groups is 1. The second kappa shape index (κ2) is 2.24. The molecule has 0 saturated carbocycles. The van der Waals surface area contributed by atoms with Crippen molar-refractivity contribution >= 4 is 16.7 Å². The fourth-order valence-corrected chi connectivity index (χ4v) is 1.12. The number of nitrogens with zero attached hydrogens (tertiary/aromatic N) is 2. The van der Waals surface area contributed by atoms with E-state index in [1.807, 2.05) is 0 Å². The van der Waals surface area contributed by atoms with E-state index in [9.17, 15) is 0 Å². The molecule has 0 amide bonds. The van der Waals surface area contributed by atoms with Crippen molar-refractivity contribution in [1.82, 2.24) is 0 Å². The lowest BCUT2D eigenvalue weighted by Gasteiger charge is -1.79. The highest BCUT2D eigenvalue weighted by Crippen LogP contribution is 2.37. The van der Waals surface area contributed by atoms with Crippen LogP contribution in [0.1, 0.15) is 0 Å². The molecular formula is C8H5N2O2+. The average molecular weight is 161 g/mol. The van der Waals surface area contributed by atoms with E-state index in [4.69, 9.17) is 14.9 Å². The molecule has 4 nitrogen and oxygen atoms in total. The molecule has 0 radical (unpaired) electrons. The van der Waals surface area contributed by atoms with Crippen LogP contribution in [0.5, 0.6) is 5.95 Å². The number of para-hydroxylation sites is 1. The third-order valence-electron chi connectivity index (χ3n) is 1.65. The minimum atomic E-state index is -0.362. The van der Waals surface area contributed by atoms with Gasteiger partial charge in [0.25, 0.3) is 0 Å². The Morgan fingerprint density at radius 1 is 1.33 bits per heavy atom. The number of fused-ring (bicyclic) bond motifs is 1. The molecule has 0 aliphatic heterocycles. The summed E-state index contributed by atoms with van der Waals surface area (Å²) in [4.78, 5) is 2.91. The Bertz CT molecular complexity index is 467. The van der Waals surface area contributed by atoms with Crippen LogP contribution < -0.4 is 0 Å². The van der Waals surface area contributed by atoms with Crippen LogP contribution in [-0.4, -0.2) is 5.11 Å². The predicted molar refractivity (Wildman–Crippen MR) is 42.6 cm³/mol. The Balaban J connectivity index is 2.93. The van der Waals surface area contributed by atoms with Gasteiger partial charge in [0, 0.05) is 0 Å². The minimum Gasteiger partial charge on any atom is -0.475 e. The van der Waals surface area contributed by atoms with Crippen LogP contribution in [0.2, 0.25) is 0 Å². The first kappa shape index (κ1) is 6.68. The molecule has 1 heterocycles. The molecule has 0 atom stereocenters. The van der Waals surface area contributed by atoms with Gasteiger partial charge in [0.15, 0.2) is 4.98 Å². The molecule has 1 aromatic carbocycles. The average Bonchev–Trinajstić information content (AvgIpc) is 2.40. The number of furan rings is 1. The molecule has 0 bridgehead atoms. The topological polar surface area (TPSA) is 61.5 Å². The van der Waals surface area contributed by atoms with Gasteiger partial charge in [0.05, 0.1) is 0 Å². The lowest BCUT2D eigenvalue weighted by atomic mass is 10.2. The molecule has 58 valence electrons. The molecule has 0 aliphatic rings. The zero-order chi connectivity index (χ0) is 8.55. The molecule has 0 unspecified atom stereocenters. The smallest absolute Gasteiger partial charge is 0.475 e. The molecule has 12 heavy (non-hydrogen) atoms. The predicted octanol–water partition coefficient (Wildman–Crippen LogP) is 2.62. The first-order chi connectivity index (χ1) is 5.83. The molecule has 0 aliphatic carbocycles. The van der Waals surface area contributed by atoms with Crippen LogP contribution in [0.4, 0.5) is 5.69 Å². The standard InChI is InChI=1S/C8H4N2O2/c9-10-7-5-3-1-2-4-6(5)12-8(7)11/h1-4H/p+1. The lowest BCUT2D eigenvalue weighted by Crippen LogP contribution is -1.59. The van der Waals surface area contributed by atoms with Crippen LogP contribution in [0, 0.1) is 5.39 Å². The molecule has 0 fully saturated rings. The van der Waals surface area contributed by atoms with Gasteiger partial charge in [0.1, 0.15) is 11.0 Å². The third kappa shape index (κ3) is 0.736. The second-order valence-electron chi connectivity index (χ2n) is 2.35. The SMILES string of the molecule is N#[N+]c1c(O)oc2ccccc12. The van der Waals surface area contributed by atoms with Crippen molar-refractivity contribution in [2.24, 2.45) is 0 Å². The van der Waals surface area contributed by atoms with E-state index in [-0.39, 0.29) is 11.6 Å². The van der Waals surface area contributed by atoms with Crippen molar-refractivity contribution < 1.29 is 9.52 Å². The van der Waals surface area contributed by atoms with Crippen LogP contribution in [0.3, 0.4) is 0 Å². The van der Waals surface area contributed by atoms with E-state index >= 15 is 0 Å². The van der Waals surface area contributed by atoms with Crippen molar-refractivity contribution in [1.29, 1.82) is 5.39 Å². The highest BCUT2D eigenvalue weighted by atomic mass is 16.5. The molecule has 4 heteroatoms. The molecule has 1 N–H and O–H groups in total. The summed E-state index contributed by atoms with van der Waals surface area (Å²) in [5.74, 6) is -0.362. The van der Waals surface area contributed by atoms with Gasteiger partial charge in [-0.05, 0) is 12.1 Å². The van der Waals surface area contributed by atoms with E-state index in [2.05, 4.69) is 4.98 Å². The molecular weight excluding hydrogens is 156 g/mol. The van der Waals surface area contributed by atoms with E-state index in [1.165, 1.54) is 0 Å². The Labute approximate surface area is 67.7 Å². The van der Waals surface area contributed by atoms with E-state index in [0.717, 1.165) is 0 Å². The maximum atomic E-state index is 9.11. The van der Waals surface area contributed by atoms with Gasteiger partial charge in [-0.1, -0.05) is 12.1 Å². The molecule has 2 aromatic rings. The largest absolute Gasteiger partial charge is 0.475 e. The van der Waals surface area contributed by atoms with Crippen molar-refractivity contribution in [3.63, 3.8) is 0 Å². The Morgan fingerprint density at radius 2 is 2.08 bits per heavy atom. The van der Waals surface area contributed by atoms with Crippen molar-refractivity contribution in [3.05, 3.63) is 29.2 Å². The van der Waals surface area contributed by atoms with E-state index in [1.54, 1.807) is 24.3 Å². The first-order valence-electron chi connectivity index (χ1n) is 3.38. The maximum Gasteiger partial charge on any atom is 0.475 e. The van der Waals surface area contributed by atoms with Gasteiger partial charge >= 0.3 is 11.6 Å². The molecule has 0 spiro atoms. The number of rotatable bonds is 0. The van der Waals surface area contributed by atoms with Gasteiger partial charge < -0.3 is 9.52 Å². The molecule has 1 aromatic heterocycles. The summed E-state index contributed by atoms with van der Waals surface area (Å²) in [6, 6.07) is 6.93. The van der Waals surface area contributed by atoms with Gasteiger partial charge in [-0.25, -0.2) is 0 Å². The highest BCUT2D eigenvalue weighted by molar-refractivity contribution is 5.93. The van der Waals surface area contributed by atoms with Gasteiger partial charge in [-0.2, -0.15) is 0 Å². The number of benzene rings is 1. The number of hydrogen-bond acceptors (Lipinski definition) is 3. The van der Waals surface area contributed by atoms with Crippen molar-refractivity contribution in [2.75, 3.05) is 0 Å². The van der Waals surface area contributed by atoms with Gasteiger partial charge in [-0.3, -0.25) is 0 Å². The zero-order valence-electron chi connectivity index (χ0n) is 6.06.